The van der Waals surface area contributed by atoms with E-state index in [0.29, 0.717) is 18.4 Å². The molecular formula is C14H16BrNO3. The van der Waals surface area contributed by atoms with E-state index in [0.717, 1.165) is 16.5 Å². The fourth-order valence-corrected chi connectivity index (χ4v) is 2.87. The maximum absolute atomic E-state index is 12.2. The van der Waals surface area contributed by atoms with E-state index in [2.05, 4.69) is 21.2 Å². The molecule has 1 saturated carbocycles. The zero-order chi connectivity index (χ0) is 14.0. The Balaban J connectivity index is 2.02. The van der Waals surface area contributed by atoms with Gasteiger partial charge in [0.1, 0.15) is 0 Å². The monoisotopic (exact) mass is 325 g/mol. The molecule has 0 aliphatic heterocycles. The van der Waals surface area contributed by atoms with Crippen molar-refractivity contribution in [3.8, 4) is 0 Å². The number of rotatable bonds is 3. The van der Waals surface area contributed by atoms with Gasteiger partial charge in [-0.15, -0.1) is 0 Å². The molecule has 1 aromatic carbocycles. The summed E-state index contributed by atoms with van der Waals surface area (Å²) in [5.41, 5.74) is 1.60. The van der Waals surface area contributed by atoms with Gasteiger partial charge in [-0.25, -0.2) is 0 Å². The minimum absolute atomic E-state index is 0.0407. The van der Waals surface area contributed by atoms with Gasteiger partial charge in [0, 0.05) is 10.5 Å². The van der Waals surface area contributed by atoms with E-state index in [1.54, 1.807) is 6.07 Å². The lowest BCUT2D eigenvalue weighted by atomic mass is 10.1. The van der Waals surface area contributed by atoms with Crippen LogP contribution in [-0.4, -0.2) is 23.0 Å². The van der Waals surface area contributed by atoms with Crippen LogP contribution in [0.3, 0.4) is 0 Å². The van der Waals surface area contributed by atoms with Crippen molar-refractivity contribution in [2.75, 3.05) is 0 Å². The van der Waals surface area contributed by atoms with Gasteiger partial charge in [0.25, 0.3) is 5.91 Å². The van der Waals surface area contributed by atoms with Crippen LogP contribution in [0.15, 0.2) is 22.7 Å². The number of carbonyl (C=O) groups is 2. The first-order valence-corrected chi connectivity index (χ1v) is 7.07. The lowest BCUT2D eigenvalue weighted by Gasteiger charge is -2.14. The van der Waals surface area contributed by atoms with E-state index >= 15 is 0 Å². The van der Waals surface area contributed by atoms with Crippen LogP contribution in [0.5, 0.6) is 0 Å². The predicted octanol–water partition coefficient (Wildman–Crippen LogP) is 2.74. The molecule has 1 fully saturated rings. The number of carboxylic acid groups (broad SMARTS) is 1. The molecule has 102 valence electrons. The van der Waals surface area contributed by atoms with Crippen LogP contribution in [0, 0.1) is 12.8 Å². The van der Waals surface area contributed by atoms with Crippen molar-refractivity contribution >= 4 is 27.8 Å². The van der Waals surface area contributed by atoms with Gasteiger partial charge in [0.15, 0.2) is 0 Å². The molecule has 2 rings (SSSR count). The van der Waals surface area contributed by atoms with E-state index in [9.17, 15) is 9.59 Å². The number of aliphatic carboxylic acids is 1. The lowest BCUT2D eigenvalue weighted by molar-refractivity contribution is -0.141. The third kappa shape index (κ3) is 3.15. The Kier molecular flexibility index (Phi) is 4.24. The van der Waals surface area contributed by atoms with Gasteiger partial charge in [-0.2, -0.15) is 0 Å². The van der Waals surface area contributed by atoms with Crippen molar-refractivity contribution in [2.24, 2.45) is 5.92 Å². The van der Waals surface area contributed by atoms with Crippen molar-refractivity contribution in [3.63, 3.8) is 0 Å². The number of hydrogen-bond acceptors (Lipinski definition) is 2. The van der Waals surface area contributed by atoms with Gasteiger partial charge in [-0.1, -0.05) is 12.1 Å². The first kappa shape index (κ1) is 14.1. The third-order valence-corrected chi connectivity index (χ3v) is 4.61. The molecular weight excluding hydrogens is 310 g/mol. The van der Waals surface area contributed by atoms with Crippen LogP contribution in [0.4, 0.5) is 0 Å². The maximum atomic E-state index is 12.2. The summed E-state index contributed by atoms with van der Waals surface area (Å²) in [4.78, 5) is 23.0. The molecule has 0 unspecified atom stereocenters. The van der Waals surface area contributed by atoms with E-state index in [1.807, 2.05) is 19.1 Å². The number of hydrogen-bond donors (Lipinski definition) is 2. The fraction of sp³-hybridized carbons (Fsp3) is 0.429. The minimum atomic E-state index is -0.770. The van der Waals surface area contributed by atoms with E-state index in [1.165, 1.54) is 0 Å². The van der Waals surface area contributed by atoms with E-state index < -0.39 is 5.97 Å². The average molecular weight is 326 g/mol. The van der Waals surface area contributed by atoms with Crippen LogP contribution in [0.2, 0.25) is 0 Å². The van der Waals surface area contributed by atoms with Crippen molar-refractivity contribution in [2.45, 2.75) is 32.2 Å². The molecule has 2 N–H and O–H groups in total. The first-order chi connectivity index (χ1) is 8.99. The maximum Gasteiger partial charge on any atom is 0.306 e. The van der Waals surface area contributed by atoms with Gasteiger partial charge >= 0.3 is 5.97 Å². The van der Waals surface area contributed by atoms with Crippen molar-refractivity contribution in [1.29, 1.82) is 0 Å². The highest BCUT2D eigenvalue weighted by molar-refractivity contribution is 9.10. The Hall–Kier alpha value is -1.36. The van der Waals surface area contributed by atoms with Crippen LogP contribution in [0.25, 0.3) is 0 Å². The second kappa shape index (κ2) is 5.74. The molecule has 0 bridgehead atoms. The fourth-order valence-electron chi connectivity index (χ4n) is 2.42. The molecule has 0 aromatic heterocycles. The van der Waals surface area contributed by atoms with E-state index in [4.69, 9.17) is 5.11 Å². The topological polar surface area (TPSA) is 66.4 Å². The first-order valence-electron chi connectivity index (χ1n) is 6.28. The second-order valence-corrected chi connectivity index (χ2v) is 5.75. The Labute approximate surface area is 120 Å². The predicted molar refractivity (Wildman–Crippen MR) is 75.1 cm³/mol. The average Bonchev–Trinajstić information content (AvgIpc) is 2.81. The van der Waals surface area contributed by atoms with Crippen molar-refractivity contribution < 1.29 is 14.7 Å². The zero-order valence-corrected chi connectivity index (χ0v) is 12.2. The number of carboxylic acids is 1. The van der Waals surface area contributed by atoms with Crippen LogP contribution in [-0.2, 0) is 4.79 Å². The number of benzene rings is 1. The van der Waals surface area contributed by atoms with Gasteiger partial charge in [-0.05, 0) is 53.7 Å². The summed E-state index contributed by atoms with van der Waals surface area (Å²) >= 11 is 3.41. The Bertz CT molecular complexity index is 515. The number of carbonyl (C=O) groups excluding carboxylic acids is 1. The summed E-state index contributed by atoms with van der Waals surface area (Å²) in [6.45, 7) is 1.93. The molecule has 0 saturated heterocycles. The number of amides is 1. The highest BCUT2D eigenvalue weighted by Gasteiger charge is 2.30. The zero-order valence-electron chi connectivity index (χ0n) is 10.6. The smallest absolute Gasteiger partial charge is 0.306 e. The molecule has 4 nitrogen and oxygen atoms in total. The van der Waals surface area contributed by atoms with Crippen molar-refractivity contribution in [3.05, 3.63) is 33.8 Å². The summed E-state index contributed by atoms with van der Waals surface area (Å²) < 4.78 is 0.792. The molecule has 1 aliphatic rings. The number of halogens is 1. The SMILES string of the molecule is Cc1cccc(C(=O)N[C@@H]2CC[C@H](C(=O)O)C2)c1Br. The molecule has 1 aliphatic carbocycles. The normalized spacial score (nSPS) is 22.2. The largest absolute Gasteiger partial charge is 0.481 e. The highest BCUT2D eigenvalue weighted by atomic mass is 79.9. The standard InChI is InChI=1S/C14H16BrNO3/c1-8-3-2-4-11(12(8)15)13(17)16-10-6-5-9(7-10)14(18)19/h2-4,9-10H,5-7H2,1H3,(H,16,17)(H,18,19)/t9-,10+/m0/s1. The third-order valence-electron chi connectivity index (χ3n) is 3.55. The quantitative estimate of drug-likeness (QED) is 0.897. The van der Waals surface area contributed by atoms with Crippen LogP contribution >= 0.6 is 15.9 Å². The van der Waals surface area contributed by atoms with Crippen LogP contribution < -0.4 is 5.32 Å². The highest BCUT2D eigenvalue weighted by Crippen LogP contribution is 2.27. The molecule has 1 aromatic rings. The molecule has 0 radical (unpaired) electrons. The second-order valence-electron chi connectivity index (χ2n) is 4.96. The summed E-state index contributed by atoms with van der Waals surface area (Å²) in [5, 5.41) is 11.9. The molecule has 1 amide bonds. The molecule has 0 spiro atoms. The van der Waals surface area contributed by atoms with Gasteiger partial charge in [-0.3, -0.25) is 9.59 Å². The van der Waals surface area contributed by atoms with E-state index in [-0.39, 0.29) is 17.9 Å². The molecule has 19 heavy (non-hydrogen) atoms. The van der Waals surface area contributed by atoms with Crippen molar-refractivity contribution in [1.82, 2.24) is 5.32 Å². The summed E-state index contributed by atoms with van der Waals surface area (Å²) in [7, 11) is 0. The summed E-state index contributed by atoms with van der Waals surface area (Å²) in [5.74, 6) is -1.24. The Morgan fingerprint density at radius 3 is 2.74 bits per heavy atom. The summed E-state index contributed by atoms with van der Waals surface area (Å²) in [6, 6.07) is 5.48. The summed E-state index contributed by atoms with van der Waals surface area (Å²) in [6.07, 6.45) is 1.88. The lowest BCUT2D eigenvalue weighted by Crippen LogP contribution is -2.33. The van der Waals surface area contributed by atoms with Gasteiger partial charge in [0.2, 0.25) is 0 Å². The Morgan fingerprint density at radius 2 is 2.11 bits per heavy atom. The van der Waals surface area contributed by atoms with Gasteiger partial charge in [0.05, 0.1) is 11.5 Å². The minimum Gasteiger partial charge on any atom is -0.481 e. The molecule has 2 atom stereocenters. The molecule has 0 heterocycles. The Morgan fingerprint density at radius 1 is 1.37 bits per heavy atom. The van der Waals surface area contributed by atoms with Crippen LogP contribution in [0.1, 0.15) is 35.2 Å². The number of nitrogens with one attached hydrogen (secondary N) is 1. The number of aryl methyl sites for hydroxylation is 1. The van der Waals surface area contributed by atoms with Gasteiger partial charge < -0.3 is 10.4 Å². The molecule has 5 heteroatoms.